The van der Waals surface area contributed by atoms with Crippen molar-refractivity contribution >= 4 is 15.9 Å². The molecule has 134 valence electrons. The lowest BCUT2D eigenvalue weighted by atomic mass is 10.4. The average molecular weight is 354 g/mol. The largest absolute Gasteiger partial charge is 0.349 e. The number of likely N-dealkylation sites (tertiary alicyclic amines) is 1. The summed E-state index contributed by atoms with van der Waals surface area (Å²) in [5.41, 5.74) is 0.384. The minimum absolute atomic E-state index is 0.205. The SMILES string of the molecule is Cn1cc(S(=O)(=O)N2CCCC2)cc1C(=O)NCCN1CCCC1. The van der Waals surface area contributed by atoms with Gasteiger partial charge >= 0.3 is 0 Å². The van der Waals surface area contributed by atoms with Crippen LogP contribution in [0.3, 0.4) is 0 Å². The minimum atomic E-state index is -3.48. The molecule has 0 atom stereocenters. The number of rotatable bonds is 6. The van der Waals surface area contributed by atoms with Crippen LogP contribution in [0.4, 0.5) is 0 Å². The number of carbonyl (C=O) groups excluding carboxylic acids is 1. The van der Waals surface area contributed by atoms with E-state index in [1.165, 1.54) is 29.4 Å². The number of amides is 1. The number of aryl methyl sites for hydroxylation is 1. The Bertz CT molecular complexity index is 686. The van der Waals surface area contributed by atoms with E-state index >= 15 is 0 Å². The summed E-state index contributed by atoms with van der Waals surface area (Å²) in [7, 11) is -1.78. The molecular weight excluding hydrogens is 328 g/mol. The van der Waals surface area contributed by atoms with Crippen molar-refractivity contribution in [3.05, 3.63) is 18.0 Å². The molecule has 0 spiro atoms. The lowest BCUT2D eigenvalue weighted by molar-refractivity contribution is 0.0941. The summed E-state index contributed by atoms with van der Waals surface area (Å²) < 4.78 is 28.3. The van der Waals surface area contributed by atoms with Crippen molar-refractivity contribution in [2.75, 3.05) is 39.3 Å². The van der Waals surface area contributed by atoms with Gasteiger partial charge in [0.1, 0.15) is 10.6 Å². The Kier molecular flexibility index (Phi) is 5.27. The smallest absolute Gasteiger partial charge is 0.267 e. The number of carbonyl (C=O) groups is 1. The van der Waals surface area contributed by atoms with Gasteiger partial charge in [0.25, 0.3) is 5.91 Å². The molecule has 7 nitrogen and oxygen atoms in total. The Balaban J connectivity index is 1.63. The third-order valence-electron chi connectivity index (χ3n) is 4.83. The lowest BCUT2D eigenvalue weighted by Gasteiger charge is -2.14. The summed E-state index contributed by atoms with van der Waals surface area (Å²) in [5.74, 6) is -0.223. The van der Waals surface area contributed by atoms with Crippen molar-refractivity contribution in [3.63, 3.8) is 0 Å². The summed E-state index contributed by atoms with van der Waals surface area (Å²) in [6.07, 6.45) is 5.78. The molecule has 2 saturated heterocycles. The third kappa shape index (κ3) is 3.65. The lowest BCUT2D eigenvalue weighted by Crippen LogP contribution is -2.34. The van der Waals surface area contributed by atoms with Crippen LogP contribution in [0.15, 0.2) is 17.2 Å². The number of hydrogen-bond donors (Lipinski definition) is 1. The van der Waals surface area contributed by atoms with Crippen molar-refractivity contribution in [3.8, 4) is 0 Å². The molecule has 2 fully saturated rings. The van der Waals surface area contributed by atoms with Gasteiger partial charge in [0.15, 0.2) is 0 Å². The van der Waals surface area contributed by atoms with Gasteiger partial charge in [-0.25, -0.2) is 8.42 Å². The van der Waals surface area contributed by atoms with Crippen LogP contribution in [0.2, 0.25) is 0 Å². The summed E-state index contributed by atoms with van der Waals surface area (Å²) in [4.78, 5) is 14.9. The molecule has 0 unspecified atom stereocenters. The highest BCUT2D eigenvalue weighted by atomic mass is 32.2. The highest BCUT2D eigenvalue weighted by Gasteiger charge is 2.29. The maximum Gasteiger partial charge on any atom is 0.267 e. The van der Waals surface area contributed by atoms with E-state index in [1.807, 2.05) is 0 Å². The molecule has 1 aromatic rings. The molecule has 0 radical (unpaired) electrons. The van der Waals surface area contributed by atoms with Gasteiger partial charge in [0, 0.05) is 39.4 Å². The van der Waals surface area contributed by atoms with E-state index in [0.717, 1.165) is 32.5 Å². The van der Waals surface area contributed by atoms with Gasteiger partial charge in [-0.15, -0.1) is 0 Å². The summed E-state index contributed by atoms with van der Waals surface area (Å²) in [6, 6.07) is 1.48. The molecule has 1 N–H and O–H groups in total. The third-order valence-corrected chi connectivity index (χ3v) is 6.69. The maximum absolute atomic E-state index is 12.6. The Morgan fingerprint density at radius 1 is 1.12 bits per heavy atom. The molecule has 1 aromatic heterocycles. The van der Waals surface area contributed by atoms with E-state index in [0.29, 0.717) is 25.3 Å². The molecule has 0 saturated carbocycles. The van der Waals surface area contributed by atoms with Gasteiger partial charge in [-0.1, -0.05) is 0 Å². The zero-order chi connectivity index (χ0) is 17.2. The van der Waals surface area contributed by atoms with Gasteiger partial charge in [0.05, 0.1) is 0 Å². The van der Waals surface area contributed by atoms with Crippen molar-refractivity contribution in [1.29, 1.82) is 0 Å². The Morgan fingerprint density at radius 3 is 2.42 bits per heavy atom. The van der Waals surface area contributed by atoms with Crippen LogP contribution >= 0.6 is 0 Å². The fourth-order valence-electron chi connectivity index (χ4n) is 3.40. The first-order chi connectivity index (χ1) is 11.5. The Labute approximate surface area is 143 Å². The van der Waals surface area contributed by atoms with Crippen LogP contribution in [0, 0.1) is 0 Å². The van der Waals surface area contributed by atoms with Crippen molar-refractivity contribution in [2.45, 2.75) is 30.6 Å². The Morgan fingerprint density at radius 2 is 1.75 bits per heavy atom. The van der Waals surface area contributed by atoms with Gasteiger partial charge in [-0.05, 0) is 44.8 Å². The summed E-state index contributed by atoms with van der Waals surface area (Å²) in [5, 5.41) is 2.89. The van der Waals surface area contributed by atoms with E-state index in [9.17, 15) is 13.2 Å². The predicted octanol–water partition coefficient (Wildman–Crippen LogP) is 0.635. The minimum Gasteiger partial charge on any atom is -0.349 e. The van der Waals surface area contributed by atoms with E-state index in [4.69, 9.17) is 0 Å². The van der Waals surface area contributed by atoms with Crippen LogP contribution in [0.1, 0.15) is 36.2 Å². The zero-order valence-corrected chi connectivity index (χ0v) is 15.0. The fraction of sp³-hybridized carbons (Fsp3) is 0.688. The van der Waals surface area contributed by atoms with E-state index in [-0.39, 0.29) is 10.8 Å². The van der Waals surface area contributed by atoms with Crippen molar-refractivity contribution in [2.24, 2.45) is 7.05 Å². The molecule has 0 bridgehead atoms. The molecule has 8 heteroatoms. The second-order valence-corrected chi connectivity index (χ2v) is 8.53. The quantitative estimate of drug-likeness (QED) is 0.813. The van der Waals surface area contributed by atoms with E-state index in [2.05, 4.69) is 10.2 Å². The fourth-order valence-corrected chi connectivity index (χ4v) is 4.99. The van der Waals surface area contributed by atoms with Gasteiger partial charge < -0.3 is 14.8 Å². The zero-order valence-electron chi connectivity index (χ0n) is 14.2. The van der Waals surface area contributed by atoms with Gasteiger partial charge in [0.2, 0.25) is 10.0 Å². The Hall–Kier alpha value is -1.38. The summed E-state index contributed by atoms with van der Waals surface area (Å²) >= 11 is 0. The molecule has 3 heterocycles. The molecule has 0 aromatic carbocycles. The van der Waals surface area contributed by atoms with Gasteiger partial charge in [-0.2, -0.15) is 4.31 Å². The first-order valence-corrected chi connectivity index (χ1v) is 10.1. The number of hydrogen-bond acceptors (Lipinski definition) is 4. The molecule has 0 aliphatic carbocycles. The summed E-state index contributed by atoms with van der Waals surface area (Å²) in [6.45, 7) is 4.74. The molecule has 3 rings (SSSR count). The topological polar surface area (TPSA) is 74.6 Å². The maximum atomic E-state index is 12.6. The van der Waals surface area contributed by atoms with Crippen molar-refractivity contribution in [1.82, 2.24) is 19.1 Å². The van der Waals surface area contributed by atoms with Crippen LogP contribution in [-0.2, 0) is 17.1 Å². The van der Waals surface area contributed by atoms with E-state index in [1.54, 1.807) is 11.6 Å². The monoisotopic (exact) mass is 354 g/mol. The molecule has 2 aliphatic rings. The second kappa shape index (κ2) is 7.25. The first-order valence-electron chi connectivity index (χ1n) is 8.65. The normalized spacial score (nSPS) is 19.9. The van der Waals surface area contributed by atoms with Crippen molar-refractivity contribution < 1.29 is 13.2 Å². The van der Waals surface area contributed by atoms with Crippen LogP contribution in [-0.4, -0.2) is 67.4 Å². The highest BCUT2D eigenvalue weighted by Crippen LogP contribution is 2.22. The van der Waals surface area contributed by atoms with Gasteiger partial charge in [-0.3, -0.25) is 4.79 Å². The predicted molar refractivity (Wildman–Crippen MR) is 91.4 cm³/mol. The number of aromatic nitrogens is 1. The average Bonchev–Trinajstić information content (AvgIpc) is 3.28. The highest BCUT2D eigenvalue weighted by molar-refractivity contribution is 7.89. The molecular formula is C16H26N4O3S. The second-order valence-electron chi connectivity index (χ2n) is 6.59. The standard InChI is InChI=1S/C16H26N4O3S/c1-18-13-14(24(22,23)20-9-4-5-10-20)12-15(18)16(21)17-6-11-19-7-2-3-8-19/h12-13H,2-11H2,1H3,(H,17,21). The van der Waals surface area contributed by atoms with Crippen LogP contribution in [0.25, 0.3) is 0 Å². The molecule has 1 amide bonds. The molecule has 24 heavy (non-hydrogen) atoms. The number of sulfonamides is 1. The van der Waals surface area contributed by atoms with Crippen LogP contribution in [0.5, 0.6) is 0 Å². The van der Waals surface area contributed by atoms with E-state index < -0.39 is 10.0 Å². The number of nitrogens with one attached hydrogen (secondary N) is 1. The van der Waals surface area contributed by atoms with Crippen LogP contribution < -0.4 is 5.32 Å². The number of nitrogens with zero attached hydrogens (tertiary/aromatic N) is 3. The molecule has 2 aliphatic heterocycles. The first kappa shape index (κ1) is 17.4.